The first-order chi connectivity index (χ1) is 10.7. The van der Waals surface area contributed by atoms with Crippen molar-refractivity contribution in [2.75, 3.05) is 46.4 Å². The predicted molar refractivity (Wildman–Crippen MR) is 86.8 cm³/mol. The molecule has 1 aromatic rings. The lowest BCUT2D eigenvalue weighted by Crippen LogP contribution is -2.48. The van der Waals surface area contributed by atoms with Crippen LogP contribution in [-0.2, 0) is 4.79 Å². The maximum Gasteiger partial charge on any atom is 0.246 e. The van der Waals surface area contributed by atoms with Crippen molar-refractivity contribution in [3.8, 4) is 5.75 Å². The summed E-state index contributed by atoms with van der Waals surface area (Å²) in [6, 6.07) is 7.70. The number of methoxy groups -OCH3 is 1. The number of allylic oxidation sites excluding steroid dienone is 1. The Morgan fingerprint density at radius 1 is 1.27 bits per heavy atom. The summed E-state index contributed by atoms with van der Waals surface area (Å²) in [4.78, 5) is 16.4. The van der Waals surface area contributed by atoms with Gasteiger partial charge in [-0.1, -0.05) is 18.2 Å². The second-order valence-corrected chi connectivity index (χ2v) is 5.42. The molecule has 0 aliphatic carbocycles. The molecule has 0 unspecified atom stereocenters. The van der Waals surface area contributed by atoms with E-state index in [2.05, 4.69) is 4.90 Å². The first-order valence-corrected chi connectivity index (χ1v) is 7.59. The second kappa shape index (κ2) is 7.96. The molecular weight excluding hydrogens is 280 g/mol. The summed E-state index contributed by atoms with van der Waals surface area (Å²) in [6.45, 7) is 5.81. The molecular formula is C17H24N2O3. The Labute approximate surface area is 131 Å². The normalized spacial score (nSPS) is 16.7. The van der Waals surface area contributed by atoms with Gasteiger partial charge in [-0.15, -0.1) is 0 Å². The number of amides is 1. The Bertz CT molecular complexity index is 534. The van der Waals surface area contributed by atoms with E-state index in [9.17, 15) is 4.79 Å². The minimum absolute atomic E-state index is 0.0343. The molecule has 1 aliphatic rings. The molecule has 5 heteroatoms. The van der Waals surface area contributed by atoms with Gasteiger partial charge in [0, 0.05) is 44.4 Å². The maximum absolute atomic E-state index is 12.4. The number of aliphatic hydroxyl groups is 1. The standard InChI is InChI=1S/C17H24N2O3/c1-14(15-5-3-4-6-16(15)22-2)13-17(21)19-9-7-18(8-10-19)11-12-20/h3-6,13,20H,7-12H2,1-2H3. The van der Waals surface area contributed by atoms with Crippen molar-refractivity contribution >= 4 is 11.5 Å². The van der Waals surface area contributed by atoms with Crippen LogP contribution >= 0.6 is 0 Å². The lowest BCUT2D eigenvalue weighted by Gasteiger charge is -2.33. The highest BCUT2D eigenvalue weighted by Gasteiger charge is 2.19. The van der Waals surface area contributed by atoms with E-state index in [1.54, 1.807) is 13.2 Å². The number of rotatable bonds is 5. The van der Waals surface area contributed by atoms with Crippen LogP contribution in [0.2, 0.25) is 0 Å². The smallest absolute Gasteiger partial charge is 0.246 e. The van der Waals surface area contributed by atoms with E-state index >= 15 is 0 Å². The Hall–Kier alpha value is -1.85. The van der Waals surface area contributed by atoms with Crippen LogP contribution in [0.1, 0.15) is 12.5 Å². The van der Waals surface area contributed by atoms with Gasteiger partial charge in [0.15, 0.2) is 0 Å². The quantitative estimate of drug-likeness (QED) is 0.832. The van der Waals surface area contributed by atoms with Gasteiger partial charge in [-0.2, -0.15) is 0 Å². The third-order valence-corrected chi connectivity index (χ3v) is 3.97. The summed E-state index contributed by atoms with van der Waals surface area (Å²) in [7, 11) is 1.63. The summed E-state index contributed by atoms with van der Waals surface area (Å²) in [5.74, 6) is 0.809. The van der Waals surface area contributed by atoms with Crippen molar-refractivity contribution in [3.63, 3.8) is 0 Å². The number of β-amino-alcohol motifs (C(OH)–C–C–N with tert-alkyl or cyclic N) is 1. The number of carbonyl (C=O) groups is 1. The molecule has 1 heterocycles. The number of piperazine rings is 1. The highest BCUT2D eigenvalue weighted by molar-refractivity contribution is 5.95. The number of hydrogen-bond acceptors (Lipinski definition) is 4. The molecule has 1 fully saturated rings. The number of para-hydroxylation sites is 1. The molecule has 22 heavy (non-hydrogen) atoms. The van der Waals surface area contributed by atoms with E-state index in [1.807, 2.05) is 36.1 Å². The van der Waals surface area contributed by atoms with Crippen molar-refractivity contribution in [2.24, 2.45) is 0 Å². The molecule has 0 radical (unpaired) electrons. The zero-order valence-electron chi connectivity index (χ0n) is 13.3. The van der Waals surface area contributed by atoms with Gasteiger partial charge in [0.25, 0.3) is 0 Å². The fraction of sp³-hybridized carbons (Fsp3) is 0.471. The molecule has 2 rings (SSSR count). The summed E-state index contributed by atoms with van der Waals surface area (Å²) < 4.78 is 5.34. The van der Waals surface area contributed by atoms with Gasteiger partial charge in [0.05, 0.1) is 13.7 Å². The summed E-state index contributed by atoms with van der Waals surface area (Å²) in [6.07, 6.45) is 1.68. The predicted octanol–water partition coefficient (Wildman–Crippen LogP) is 1.23. The molecule has 1 N–H and O–H groups in total. The van der Waals surface area contributed by atoms with Gasteiger partial charge >= 0.3 is 0 Å². The fourth-order valence-electron chi connectivity index (χ4n) is 2.66. The monoisotopic (exact) mass is 304 g/mol. The zero-order valence-corrected chi connectivity index (χ0v) is 13.3. The molecule has 0 spiro atoms. The van der Waals surface area contributed by atoms with Gasteiger partial charge in [-0.3, -0.25) is 9.69 Å². The first-order valence-electron chi connectivity index (χ1n) is 7.59. The number of nitrogens with zero attached hydrogens (tertiary/aromatic N) is 2. The van der Waals surface area contributed by atoms with Gasteiger partial charge in [0.1, 0.15) is 5.75 Å². The van der Waals surface area contributed by atoms with E-state index in [-0.39, 0.29) is 12.5 Å². The van der Waals surface area contributed by atoms with E-state index < -0.39 is 0 Å². The molecule has 0 atom stereocenters. The number of ether oxygens (including phenoxy) is 1. The molecule has 1 saturated heterocycles. The minimum Gasteiger partial charge on any atom is -0.496 e. The maximum atomic E-state index is 12.4. The van der Waals surface area contributed by atoms with Gasteiger partial charge < -0.3 is 14.7 Å². The molecule has 1 aliphatic heterocycles. The van der Waals surface area contributed by atoms with Crippen LogP contribution in [-0.4, -0.2) is 67.3 Å². The van der Waals surface area contributed by atoms with E-state index in [1.165, 1.54) is 0 Å². The lowest BCUT2D eigenvalue weighted by molar-refractivity contribution is -0.127. The Morgan fingerprint density at radius 2 is 1.95 bits per heavy atom. The van der Waals surface area contributed by atoms with E-state index in [4.69, 9.17) is 9.84 Å². The molecule has 120 valence electrons. The van der Waals surface area contributed by atoms with Crippen molar-refractivity contribution in [1.82, 2.24) is 9.80 Å². The SMILES string of the molecule is COc1ccccc1C(C)=CC(=O)N1CCN(CCO)CC1. The third-order valence-electron chi connectivity index (χ3n) is 3.97. The number of aliphatic hydroxyl groups excluding tert-OH is 1. The summed E-state index contributed by atoms with van der Waals surface area (Å²) in [5, 5.41) is 8.94. The van der Waals surface area contributed by atoms with Crippen molar-refractivity contribution < 1.29 is 14.6 Å². The van der Waals surface area contributed by atoms with Gasteiger partial charge in [-0.05, 0) is 18.6 Å². The highest BCUT2D eigenvalue weighted by Crippen LogP contribution is 2.25. The topological polar surface area (TPSA) is 53.0 Å². The van der Waals surface area contributed by atoms with E-state index in [0.29, 0.717) is 19.6 Å². The van der Waals surface area contributed by atoms with Crippen LogP contribution in [0.3, 0.4) is 0 Å². The largest absolute Gasteiger partial charge is 0.496 e. The van der Waals surface area contributed by atoms with Crippen LogP contribution in [0.15, 0.2) is 30.3 Å². The fourth-order valence-corrected chi connectivity index (χ4v) is 2.66. The molecule has 1 aromatic carbocycles. The summed E-state index contributed by atoms with van der Waals surface area (Å²) in [5.41, 5.74) is 1.84. The molecule has 0 saturated carbocycles. The van der Waals surface area contributed by atoms with Crippen molar-refractivity contribution in [3.05, 3.63) is 35.9 Å². The zero-order chi connectivity index (χ0) is 15.9. The second-order valence-electron chi connectivity index (χ2n) is 5.42. The van der Waals surface area contributed by atoms with Crippen LogP contribution in [0.4, 0.5) is 0 Å². The number of benzene rings is 1. The molecule has 0 aromatic heterocycles. The summed E-state index contributed by atoms with van der Waals surface area (Å²) >= 11 is 0. The lowest BCUT2D eigenvalue weighted by atomic mass is 10.1. The van der Waals surface area contributed by atoms with Gasteiger partial charge in [-0.25, -0.2) is 0 Å². The molecule has 0 bridgehead atoms. The average Bonchev–Trinajstić information content (AvgIpc) is 2.55. The Kier molecular flexibility index (Phi) is 5.98. The van der Waals surface area contributed by atoms with Crippen LogP contribution < -0.4 is 4.74 Å². The van der Waals surface area contributed by atoms with Crippen LogP contribution in [0, 0.1) is 0 Å². The first kappa shape index (κ1) is 16.5. The van der Waals surface area contributed by atoms with Crippen LogP contribution in [0.5, 0.6) is 5.75 Å². The highest BCUT2D eigenvalue weighted by atomic mass is 16.5. The average molecular weight is 304 g/mol. The molecule has 5 nitrogen and oxygen atoms in total. The number of carbonyl (C=O) groups excluding carboxylic acids is 1. The van der Waals surface area contributed by atoms with Crippen molar-refractivity contribution in [2.45, 2.75) is 6.92 Å². The third kappa shape index (κ3) is 4.08. The van der Waals surface area contributed by atoms with E-state index in [0.717, 1.165) is 30.0 Å². The van der Waals surface area contributed by atoms with Crippen LogP contribution in [0.25, 0.3) is 5.57 Å². The van der Waals surface area contributed by atoms with Gasteiger partial charge in [0.2, 0.25) is 5.91 Å². The Balaban J connectivity index is 2.01. The minimum atomic E-state index is 0.0343. The Morgan fingerprint density at radius 3 is 2.59 bits per heavy atom. The van der Waals surface area contributed by atoms with Crippen molar-refractivity contribution in [1.29, 1.82) is 0 Å². The molecule has 1 amide bonds. The number of hydrogen-bond donors (Lipinski definition) is 1.